The van der Waals surface area contributed by atoms with E-state index in [1.54, 1.807) is 0 Å². The standard InChI is InChI=1S/C14H21NO/c1-10-6-11(2)13(12(3)7-10)8-14(15)4-5-16-9-14/h6-7H,4-5,8-9,15H2,1-3H3. The molecular weight excluding hydrogens is 198 g/mol. The minimum Gasteiger partial charge on any atom is -0.379 e. The summed E-state index contributed by atoms with van der Waals surface area (Å²) in [5.74, 6) is 0. The molecular formula is C14H21NO. The Kier molecular flexibility index (Phi) is 3.04. The van der Waals surface area contributed by atoms with E-state index in [0.717, 1.165) is 19.4 Å². The van der Waals surface area contributed by atoms with Crippen molar-refractivity contribution < 1.29 is 4.74 Å². The van der Waals surface area contributed by atoms with Gasteiger partial charge in [0, 0.05) is 12.1 Å². The number of rotatable bonds is 2. The summed E-state index contributed by atoms with van der Waals surface area (Å²) < 4.78 is 5.41. The van der Waals surface area contributed by atoms with Gasteiger partial charge in [0.1, 0.15) is 0 Å². The van der Waals surface area contributed by atoms with Gasteiger partial charge in [0.2, 0.25) is 0 Å². The number of benzene rings is 1. The predicted molar refractivity (Wildman–Crippen MR) is 66.7 cm³/mol. The lowest BCUT2D eigenvalue weighted by Gasteiger charge is -2.24. The number of hydrogen-bond acceptors (Lipinski definition) is 2. The Balaban J connectivity index is 2.27. The molecule has 1 atom stereocenters. The average Bonchev–Trinajstić information content (AvgIpc) is 2.59. The first-order chi connectivity index (χ1) is 7.50. The molecule has 1 aromatic carbocycles. The molecule has 0 aliphatic carbocycles. The lowest BCUT2D eigenvalue weighted by molar-refractivity contribution is 0.178. The zero-order chi connectivity index (χ0) is 11.8. The Labute approximate surface area is 97.8 Å². The average molecular weight is 219 g/mol. The molecule has 1 unspecified atom stereocenters. The first kappa shape index (κ1) is 11.6. The zero-order valence-corrected chi connectivity index (χ0v) is 10.5. The molecule has 1 fully saturated rings. The lowest BCUT2D eigenvalue weighted by atomic mass is 9.86. The van der Waals surface area contributed by atoms with Gasteiger partial charge in [-0.15, -0.1) is 0 Å². The fourth-order valence-electron chi connectivity index (χ4n) is 2.60. The summed E-state index contributed by atoms with van der Waals surface area (Å²) in [5, 5.41) is 0. The van der Waals surface area contributed by atoms with Gasteiger partial charge in [-0.3, -0.25) is 0 Å². The van der Waals surface area contributed by atoms with Gasteiger partial charge in [0.25, 0.3) is 0 Å². The third-order valence-corrected chi connectivity index (χ3v) is 3.50. The van der Waals surface area contributed by atoms with Crippen LogP contribution >= 0.6 is 0 Å². The fourth-order valence-corrected chi connectivity index (χ4v) is 2.60. The highest BCUT2D eigenvalue weighted by molar-refractivity contribution is 5.38. The number of nitrogens with two attached hydrogens (primary N) is 1. The summed E-state index contributed by atoms with van der Waals surface area (Å²) in [7, 11) is 0. The molecule has 0 spiro atoms. The maximum absolute atomic E-state index is 6.34. The van der Waals surface area contributed by atoms with E-state index in [2.05, 4.69) is 32.9 Å². The van der Waals surface area contributed by atoms with Crippen LogP contribution in [0.15, 0.2) is 12.1 Å². The van der Waals surface area contributed by atoms with Crippen LogP contribution in [0.25, 0.3) is 0 Å². The van der Waals surface area contributed by atoms with E-state index in [9.17, 15) is 0 Å². The van der Waals surface area contributed by atoms with E-state index in [0.29, 0.717) is 6.61 Å². The second-order valence-electron chi connectivity index (χ2n) is 5.22. The Morgan fingerprint density at radius 2 is 1.88 bits per heavy atom. The molecule has 0 saturated carbocycles. The Hall–Kier alpha value is -0.860. The molecule has 1 saturated heterocycles. The van der Waals surface area contributed by atoms with Gasteiger partial charge in [0.05, 0.1) is 6.61 Å². The van der Waals surface area contributed by atoms with E-state index in [1.165, 1.54) is 22.3 Å². The van der Waals surface area contributed by atoms with Crippen LogP contribution in [0, 0.1) is 20.8 Å². The van der Waals surface area contributed by atoms with Crippen LogP contribution in [-0.4, -0.2) is 18.8 Å². The summed E-state index contributed by atoms with van der Waals surface area (Å²) in [4.78, 5) is 0. The number of hydrogen-bond donors (Lipinski definition) is 1. The van der Waals surface area contributed by atoms with Crippen molar-refractivity contribution in [2.75, 3.05) is 13.2 Å². The first-order valence-electron chi connectivity index (χ1n) is 5.93. The van der Waals surface area contributed by atoms with E-state index in [1.807, 2.05) is 0 Å². The van der Waals surface area contributed by atoms with E-state index in [-0.39, 0.29) is 5.54 Å². The van der Waals surface area contributed by atoms with Crippen molar-refractivity contribution in [2.45, 2.75) is 39.2 Å². The minimum absolute atomic E-state index is 0.148. The molecule has 1 aliphatic heterocycles. The second-order valence-corrected chi connectivity index (χ2v) is 5.22. The van der Waals surface area contributed by atoms with Crippen molar-refractivity contribution in [1.29, 1.82) is 0 Å². The van der Waals surface area contributed by atoms with Gasteiger partial charge < -0.3 is 10.5 Å². The third kappa shape index (κ3) is 2.28. The lowest BCUT2D eigenvalue weighted by Crippen LogP contribution is -2.42. The second kappa shape index (κ2) is 4.19. The Morgan fingerprint density at radius 3 is 2.38 bits per heavy atom. The molecule has 1 heterocycles. The quantitative estimate of drug-likeness (QED) is 0.828. The number of aryl methyl sites for hydroxylation is 3. The van der Waals surface area contributed by atoms with Crippen LogP contribution in [0.1, 0.15) is 28.7 Å². The van der Waals surface area contributed by atoms with Crippen molar-refractivity contribution in [3.63, 3.8) is 0 Å². The molecule has 2 rings (SSSR count). The topological polar surface area (TPSA) is 35.2 Å². The van der Waals surface area contributed by atoms with Crippen LogP contribution in [0.2, 0.25) is 0 Å². The summed E-state index contributed by atoms with van der Waals surface area (Å²) in [6.45, 7) is 7.99. The summed E-state index contributed by atoms with van der Waals surface area (Å²) >= 11 is 0. The zero-order valence-electron chi connectivity index (χ0n) is 10.5. The first-order valence-corrected chi connectivity index (χ1v) is 5.93. The van der Waals surface area contributed by atoms with Crippen molar-refractivity contribution in [3.8, 4) is 0 Å². The van der Waals surface area contributed by atoms with E-state index in [4.69, 9.17) is 10.5 Å². The molecule has 2 heteroatoms. The van der Waals surface area contributed by atoms with Crippen LogP contribution in [0.3, 0.4) is 0 Å². The molecule has 16 heavy (non-hydrogen) atoms. The molecule has 88 valence electrons. The highest BCUT2D eigenvalue weighted by atomic mass is 16.5. The molecule has 0 radical (unpaired) electrons. The monoisotopic (exact) mass is 219 g/mol. The highest BCUT2D eigenvalue weighted by Crippen LogP contribution is 2.25. The van der Waals surface area contributed by atoms with Gasteiger partial charge in [-0.05, 0) is 50.3 Å². The smallest absolute Gasteiger partial charge is 0.0650 e. The largest absolute Gasteiger partial charge is 0.379 e. The minimum atomic E-state index is -0.148. The molecule has 2 N–H and O–H groups in total. The van der Waals surface area contributed by atoms with Crippen molar-refractivity contribution in [2.24, 2.45) is 5.73 Å². The number of ether oxygens (including phenoxy) is 1. The molecule has 0 aromatic heterocycles. The van der Waals surface area contributed by atoms with Gasteiger partial charge in [-0.1, -0.05) is 17.7 Å². The molecule has 0 amide bonds. The Bertz CT molecular complexity index is 369. The summed E-state index contributed by atoms with van der Waals surface area (Å²) in [6, 6.07) is 4.48. The molecule has 1 aromatic rings. The SMILES string of the molecule is Cc1cc(C)c(CC2(N)CCOC2)c(C)c1. The Morgan fingerprint density at radius 1 is 1.25 bits per heavy atom. The maximum Gasteiger partial charge on any atom is 0.0650 e. The molecule has 0 bridgehead atoms. The van der Waals surface area contributed by atoms with Crippen molar-refractivity contribution >= 4 is 0 Å². The molecule has 2 nitrogen and oxygen atoms in total. The van der Waals surface area contributed by atoms with Gasteiger partial charge in [-0.2, -0.15) is 0 Å². The van der Waals surface area contributed by atoms with Crippen LogP contribution < -0.4 is 5.73 Å². The third-order valence-electron chi connectivity index (χ3n) is 3.50. The van der Waals surface area contributed by atoms with Crippen LogP contribution in [-0.2, 0) is 11.2 Å². The molecule has 1 aliphatic rings. The normalized spacial score (nSPS) is 25.0. The van der Waals surface area contributed by atoms with E-state index >= 15 is 0 Å². The van der Waals surface area contributed by atoms with E-state index < -0.39 is 0 Å². The van der Waals surface area contributed by atoms with Gasteiger partial charge in [-0.25, -0.2) is 0 Å². The summed E-state index contributed by atoms with van der Waals surface area (Å²) in [6.07, 6.45) is 1.91. The van der Waals surface area contributed by atoms with Gasteiger partial charge >= 0.3 is 0 Å². The maximum atomic E-state index is 6.34. The van der Waals surface area contributed by atoms with Gasteiger partial charge in [0.15, 0.2) is 0 Å². The highest BCUT2D eigenvalue weighted by Gasteiger charge is 2.31. The predicted octanol–water partition coefficient (Wildman–Crippen LogP) is 2.27. The van der Waals surface area contributed by atoms with Crippen LogP contribution in [0.4, 0.5) is 0 Å². The fraction of sp³-hybridized carbons (Fsp3) is 0.571. The summed E-state index contributed by atoms with van der Waals surface area (Å²) in [5.41, 5.74) is 11.6. The van der Waals surface area contributed by atoms with Crippen LogP contribution in [0.5, 0.6) is 0 Å². The van der Waals surface area contributed by atoms with Crippen molar-refractivity contribution in [1.82, 2.24) is 0 Å². The van der Waals surface area contributed by atoms with Crippen molar-refractivity contribution in [3.05, 3.63) is 34.4 Å².